The van der Waals surface area contributed by atoms with E-state index in [0.29, 0.717) is 18.3 Å². The van der Waals surface area contributed by atoms with Crippen LogP contribution in [-0.2, 0) is 9.59 Å². The van der Waals surface area contributed by atoms with Crippen molar-refractivity contribution >= 4 is 11.9 Å². The van der Waals surface area contributed by atoms with E-state index in [-0.39, 0.29) is 6.42 Å². The number of hydrogen-bond acceptors (Lipinski definition) is 2. The lowest BCUT2D eigenvalue weighted by atomic mass is 9.86. The van der Waals surface area contributed by atoms with Crippen LogP contribution in [0, 0.1) is 11.8 Å². The van der Waals surface area contributed by atoms with Crippen LogP contribution in [-0.4, -0.2) is 22.2 Å². The predicted molar refractivity (Wildman–Crippen MR) is 84.4 cm³/mol. The van der Waals surface area contributed by atoms with Gasteiger partial charge in [-0.15, -0.1) is 0 Å². The Bertz CT molecular complexity index is 287. The van der Waals surface area contributed by atoms with Crippen LogP contribution in [0.3, 0.4) is 0 Å². The van der Waals surface area contributed by atoms with Crippen molar-refractivity contribution in [1.29, 1.82) is 0 Å². The van der Waals surface area contributed by atoms with Gasteiger partial charge < -0.3 is 10.2 Å². The van der Waals surface area contributed by atoms with E-state index in [4.69, 9.17) is 10.2 Å². The lowest BCUT2D eigenvalue weighted by molar-refractivity contribution is -0.138. The van der Waals surface area contributed by atoms with Crippen molar-refractivity contribution in [2.75, 3.05) is 0 Å². The lowest BCUT2D eigenvalue weighted by Crippen LogP contribution is -2.11. The Balaban J connectivity index is 3.49. The number of carboxylic acids is 2. The molecule has 0 heterocycles. The van der Waals surface area contributed by atoms with Crippen molar-refractivity contribution in [3.05, 3.63) is 0 Å². The van der Waals surface area contributed by atoms with Crippen LogP contribution in [0.1, 0.15) is 84.5 Å². The van der Waals surface area contributed by atoms with Crippen molar-refractivity contribution < 1.29 is 19.8 Å². The first-order chi connectivity index (χ1) is 9.93. The largest absolute Gasteiger partial charge is 0.481 e. The van der Waals surface area contributed by atoms with E-state index in [1.54, 1.807) is 0 Å². The molecule has 4 nitrogen and oxygen atoms in total. The molecule has 0 aromatic carbocycles. The first-order valence-corrected chi connectivity index (χ1v) is 8.37. The van der Waals surface area contributed by atoms with Crippen LogP contribution in [0.25, 0.3) is 0 Å². The molecule has 0 amide bonds. The molecule has 124 valence electrons. The molecule has 0 bridgehead atoms. The van der Waals surface area contributed by atoms with E-state index in [2.05, 4.69) is 13.8 Å². The summed E-state index contributed by atoms with van der Waals surface area (Å²) in [7, 11) is 0. The zero-order valence-electron chi connectivity index (χ0n) is 13.6. The van der Waals surface area contributed by atoms with Crippen molar-refractivity contribution in [1.82, 2.24) is 0 Å². The van der Waals surface area contributed by atoms with Crippen molar-refractivity contribution in [3.8, 4) is 0 Å². The minimum absolute atomic E-state index is 0.284. The predicted octanol–water partition coefficient (Wildman–Crippen LogP) is 4.72. The number of carbonyl (C=O) groups is 2. The Labute approximate surface area is 128 Å². The molecule has 21 heavy (non-hydrogen) atoms. The molecule has 2 N–H and O–H groups in total. The number of rotatable bonds is 14. The molecule has 0 aromatic rings. The summed E-state index contributed by atoms with van der Waals surface area (Å²) in [4.78, 5) is 21.0. The third-order valence-corrected chi connectivity index (χ3v) is 4.14. The first-order valence-electron chi connectivity index (χ1n) is 8.37. The van der Waals surface area contributed by atoms with Crippen LogP contribution >= 0.6 is 0 Å². The molecule has 1 atom stereocenters. The van der Waals surface area contributed by atoms with Crippen LogP contribution in [0.15, 0.2) is 0 Å². The number of carboxylic acid groups (broad SMARTS) is 2. The molecule has 0 saturated heterocycles. The smallest absolute Gasteiger partial charge is 0.303 e. The van der Waals surface area contributed by atoms with Crippen molar-refractivity contribution in [3.63, 3.8) is 0 Å². The third kappa shape index (κ3) is 13.7. The monoisotopic (exact) mass is 300 g/mol. The maximum Gasteiger partial charge on any atom is 0.303 e. The highest BCUT2D eigenvalue weighted by Gasteiger charge is 2.14. The van der Waals surface area contributed by atoms with Gasteiger partial charge in [0.1, 0.15) is 0 Å². The summed E-state index contributed by atoms with van der Waals surface area (Å²) in [6.45, 7) is 4.35. The van der Waals surface area contributed by atoms with Gasteiger partial charge in [0.05, 0.1) is 0 Å². The summed E-state index contributed by atoms with van der Waals surface area (Å²) < 4.78 is 0. The molecule has 0 radical (unpaired) electrons. The van der Waals surface area contributed by atoms with Gasteiger partial charge in [-0.25, -0.2) is 0 Å². The molecular formula is C17H32O4. The Kier molecular flexibility index (Phi) is 12.0. The third-order valence-electron chi connectivity index (χ3n) is 4.14. The van der Waals surface area contributed by atoms with Gasteiger partial charge in [-0.1, -0.05) is 58.8 Å². The van der Waals surface area contributed by atoms with Gasteiger partial charge in [0.15, 0.2) is 0 Å². The van der Waals surface area contributed by atoms with E-state index in [9.17, 15) is 9.59 Å². The zero-order valence-corrected chi connectivity index (χ0v) is 13.6. The number of hydrogen-bond donors (Lipinski definition) is 2. The fourth-order valence-electron chi connectivity index (χ4n) is 2.69. The highest BCUT2D eigenvalue weighted by Crippen LogP contribution is 2.24. The average Bonchev–Trinajstić information content (AvgIpc) is 2.39. The molecule has 0 saturated carbocycles. The van der Waals surface area contributed by atoms with Gasteiger partial charge in [-0.2, -0.15) is 0 Å². The molecule has 0 aromatic heterocycles. The second-order valence-electron chi connectivity index (χ2n) is 6.34. The Morgan fingerprint density at radius 1 is 0.714 bits per heavy atom. The molecule has 0 rings (SSSR count). The van der Waals surface area contributed by atoms with Crippen LogP contribution in [0.2, 0.25) is 0 Å². The molecule has 0 fully saturated rings. The minimum Gasteiger partial charge on any atom is -0.481 e. The zero-order chi connectivity index (χ0) is 16.1. The Morgan fingerprint density at radius 2 is 1.19 bits per heavy atom. The normalized spacial score (nSPS) is 12.5. The van der Waals surface area contributed by atoms with Gasteiger partial charge >= 0.3 is 11.9 Å². The van der Waals surface area contributed by atoms with Gasteiger partial charge in [0.2, 0.25) is 0 Å². The summed E-state index contributed by atoms with van der Waals surface area (Å²) in [5.74, 6) is -0.310. The van der Waals surface area contributed by atoms with Gasteiger partial charge in [0, 0.05) is 12.8 Å². The summed E-state index contributed by atoms with van der Waals surface area (Å²) in [5.41, 5.74) is 0. The standard InChI is InChI=1S/C17H32O4/c1-14(2)15(12-13-17(20)21)10-8-6-4-3-5-7-9-11-16(18)19/h14-15H,3-13H2,1-2H3,(H,18,19)(H,20,21). The average molecular weight is 300 g/mol. The molecule has 1 unspecified atom stereocenters. The van der Waals surface area contributed by atoms with E-state index in [0.717, 1.165) is 32.1 Å². The van der Waals surface area contributed by atoms with E-state index >= 15 is 0 Å². The Hall–Kier alpha value is -1.06. The maximum absolute atomic E-state index is 10.6. The molecular weight excluding hydrogens is 268 g/mol. The maximum atomic E-state index is 10.6. The van der Waals surface area contributed by atoms with Gasteiger partial charge in [-0.3, -0.25) is 9.59 Å². The van der Waals surface area contributed by atoms with Gasteiger partial charge in [-0.05, 0) is 24.7 Å². The fraction of sp³-hybridized carbons (Fsp3) is 0.882. The lowest BCUT2D eigenvalue weighted by Gasteiger charge is -2.19. The van der Waals surface area contributed by atoms with Crippen LogP contribution < -0.4 is 0 Å². The molecule has 0 aliphatic carbocycles. The number of unbranched alkanes of at least 4 members (excludes halogenated alkanes) is 6. The van der Waals surface area contributed by atoms with Crippen molar-refractivity contribution in [2.24, 2.45) is 11.8 Å². The Morgan fingerprint density at radius 3 is 1.67 bits per heavy atom. The highest BCUT2D eigenvalue weighted by molar-refractivity contribution is 5.66. The summed E-state index contributed by atoms with van der Waals surface area (Å²) in [5, 5.41) is 17.3. The van der Waals surface area contributed by atoms with E-state index in [1.807, 2.05) is 0 Å². The quantitative estimate of drug-likeness (QED) is 0.455. The molecule has 0 aliphatic rings. The fourth-order valence-corrected chi connectivity index (χ4v) is 2.69. The highest BCUT2D eigenvalue weighted by atomic mass is 16.4. The van der Waals surface area contributed by atoms with Crippen LogP contribution in [0.4, 0.5) is 0 Å². The number of aliphatic carboxylic acids is 2. The second-order valence-corrected chi connectivity index (χ2v) is 6.34. The summed E-state index contributed by atoms with van der Waals surface area (Å²) in [6.07, 6.45) is 10.2. The van der Waals surface area contributed by atoms with Crippen LogP contribution in [0.5, 0.6) is 0 Å². The summed E-state index contributed by atoms with van der Waals surface area (Å²) in [6, 6.07) is 0. The van der Waals surface area contributed by atoms with E-state index < -0.39 is 11.9 Å². The first kappa shape index (κ1) is 19.9. The molecule has 0 aliphatic heterocycles. The molecule has 0 spiro atoms. The van der Waals surface area contributed by atoms with Crippen molar-refractivity contribution in [2.45, 2.75) is 84.5 Å². The van der Waals surface area contributed by atoms with E-state index in [1.165, 1.54) is 25.7 Å². The summed E-state index contributed by atoms with van der Waals surface area (Å²) >= 11 is 0. The van der Waals surface area contributed by atoms with Gasteiger partial charge in [0.25, 0.3) is 0 Å². The second kappa shape index (κ2) is 12.7. The SMILES string of the molecule is CC(C)C(CCCCCCCCCC(=O)O)CCC(=O)O. The minimum atomic E-state index is -0.698. The molecule has 4 heteroatoms. The topological polar surface area (TPSA) is 74.6 Å².